The van der Waals surface area contributed by atoms with E-state index in [0.717, 1.165) is 0 Å². The second-order valence-corrected chi connectivity index (χ2v) is 7.08. The first-order chi connectivity index (χ1) is 9.21. The molecule has 0 aromatic carbocycles. The average Bonchev–Trinajstić information content (AvgIpc) is 2.92. The Kier molecular flexibility index (Phi) is 3.59. The molecule has 0 amide bonds. The molecule has 20 heavy (non-hydrogen) atoms. The molecule has 0 saturated carbocycles. The predicted octanol–water partition coefficient (Wildman–Crippen LogP) is -0.223. The lowest BCUT2D eigenvalue weighted by molar-refractivity contribution is -0.147. The smallest absolute Gasteiger partial charge is 0.310 e. The lowest BCUT2D eigenvalue weighted by Crippen LogP contribution is -2.48. The molecule has 0 radical (unpaired) electrons. The quantitative estimate of drug-likeness (QED) is 0.716. The summed E-state index contributed by atoms with van der Waals surface area (Å²) in [5, 5.41) is 7.51. The summed E-state index contributed by atoms with van der Waals surface area (Å²) in [6, 6.07) is 0. The fourth-order valence-corrected chi connectivity index (χ4v) is 4.32. The van der Waals surface area contributed by atoms with Crippen molar-refractivity contribution in [3.05, 3.63) is 6.20 Å². The first-order valence-electron chi connectivity index (χ1n) is 6.18. The third-order valence-corrected chi connectivity index (χ3v) is 5.68. The molecular weight excluding hydrogens is 284 g/mol. The second kappa shape index (κ2) is 4.81. The Labute approximate surface area is 117 Å². The van der Waals surface area contributed by atoms with E-state index in [9.17, 15) is 13.2 Å². The molecule has 2 rings (SSSR count). The van der Waals surface area contributed by atoms with Crippen molar-refractivity contribution in [3.63, 3.8) is 0 Å². The number of carbonyl (C=O) groups excluding carboxylic acids is 1. The number of nitrogens with zero attached hydrogens (tertiary/aromatic N) is 4. The maximum atomic E-state index is 12.6. The van der Waals surface area contributed by atoms with Crippen LogP contribution in [-0.4, -0.2) is 52.9 Å². The molecule has 9 heteroatoms. The zero-order valence-corrected chi connectivity index (χ0v) is 12.7. The molecule has 0 bridgehead atoms. The van der Waals surface area contributed by atoms with E-state index >= 15 is 0 Å². The molecular formula is C11H18N4O4S. The Morgan fingerprint density at radius 2 is 2.15 bits per heavy atom. The highest BCUT2D eigenvalue weighted by Crippen LogP contribution is 2.38. The summed E-state index contributed by atoms with van der Waals surface area (Å²) in [4.78, 5) is 13.0. The van der Waals surface area contributed by atoms with Gasteiger partial charge >= 0.3 is 5.97 Å². The zero-order chi connectivity index (χ0) is 15.1. The summed E-state index contributed by atoms with van der Waals surface area (Å²) in [6.45, 7) is 3.69. The van der Waals surface area contributed by atoms with Crippen LogP contribution in [0.1, 0.15) is 20.3 Å². The molecule has 8 nitrogen and oxygen atoms in total. The summed E-state index contributed by atoms with van der Waals surface area (Å²) in [6.07, 6.45) is 1.63. The maximum Gasteiger partial charge on any atom is 0.310 e. The molecule has 112 valence electrons. The van der Waals surface area contributed by atoms with Gasteiger partial charge in [-0.25, -0.2) is 8.42 Å². The number of methoxy groups -OCH3 is 1. The number of hydrogen-bond donors (Lipinski definition) is 0. The fraction of sp³-hybridized carbons (Fsp3) is 0.727. The van der Waals surface area contributed by atoms with Crippen LogP contribution in [0.5, 0.6) is 0 Å². The largest absolute Gasteiger partial charge is 0.469 e. The number of carbonyl (C=O) groups is 1. The molecule has 1 aromatic heterocycles. The van der Waals surface area contributed by atoms with Gasteiger partial charge in [-0.2, -0.15) is 14.2 Å². The summed E-state index contributed by atoms with van der Waals surface area (Å²) < 4.78 is 31.2. The Morgan fingerprint density at radius 1 is 1.50 bits per heavy atom. The van der Waals surface area contributed by atoms with Crippen LogP contribution in [0.3, 0.4) is 0 Å². The van der Waals surface area contributed by atoms with Crippen molar-refractivity contribution < 1.29 is 17.9 Å². The van der Waals surface area contributed by atoms with Gasteiger partial charge in [0.25, 0.3) is 10.0 Å². The molecule has 1 aliphatic rings. The Morgan fingerprint density at radius 3 is 2.65 bits per heavy atom. The fourth-order valence-electron chi connectivity index (χ4n) is 2.60. The van der Waals surface area contributed by atoms with Crippen molar-refractivity contribution in [2.24, 2.45) is 13.0 Å². The maximum absolute atomic E-state index is 12.6. The zero-order valence-electron chi connectivity index (χ0n) is 11.9. The predicted molar refractivity (Wildman–Crippen MR) is 69.1 cm³/mol. The van der Waals surface area contributed by atoms with Gasteiger partial charge in [0.15, 0.2) is 0 Å². The number of ether oxygens (including phenoxy) is 1. The first-order valence-corrected chi connectivity index (χ1v) is 7.62. The molecule has 1 saturated heterocycles. The minimum absolute atomic E-state index is 0.112. The van der Waals surface area contributed by atoms with Gasteiger partial charge in [-0.05, 0) is 20.3 Å². The molecule has 0 N–H and O–H groups in total. The Bertz CT molecular complexity index is 622. The topological polar surface area (TPSA) is 94.4 Å². The van der Waals surface area contributed by atoms with Crippen molar-refractivity contribution in [2.45, 2.75) is 30.8 Å². The van der Waals surface area contributed by atoms with Gasteiger partial charge < -0.3 is 4.74 Å². The highest BCUT2D eigenvalue weighted by atomic mass is 32.2. The van der Waals surface area contributed by atoms with Crippen molar-refractivity contribution in [2.75, 3.05) is 13.7 Å². The third kappa shape index (κ3) is 2.20. The summed E-state index contributed by atoms with van der Waals surface area (Å²) in [7, 11) is -0.918. The summed E-state index contributed by atoms with van der Waals surface area (Å²) in [5.74, 6) is -0.884. The molecule has 1 aromatic rings. The van der Waals surface area contributed by atoms with Crippen LogP contribution in [0.4, 0.5) is 0 Å². The number of hydrogen-bond acceptors (Lipinski definition) is 6. The van der Waals surface area contributed by atoms with E-state index in [2.05, 4.69) is 10.2 Å². The van der Waals surface area contributed by atoms with Crippen molar-refractivity contribution >= 4 is 16.0 Å². The molecule has 1 atom stereocenters. The van der Waals surface area contributed by atoms with Gasteiger partial charge in [-0.3, -0.25) is 4.79 Å². The van der Waals surface area contributed by atoms with Gasteiger partial charge in [0.1, 0.15) is 0 Å². The molecule has 2 heterocycles. The van der Waals surface area contributed by atoms with Crippen molar-refractivity contribution in [1.29, 1.82) is 0 Å². The molecule has 1 unspecified atom stereocenters. The monoisotopic (exact) mass is 302 g/mol. The third-order valence-electron chi connectivity index (χ3n) is 3.74. The van der Waals surface area contributed by atoms with E-state index in [1.165, 1.54) is 22.4 Å². The van der Waals surface area contributed by atoms with E-state index in [4.69, 9.17) is 4.74 Å². The van der Waals surface area contributed by atoms with Crippen LogP contribution in [-0.2, 0) is 26.6 Å². The summed E-state index contributed by atoms with van der Waals surface area (Å²) >= 11 is 0. The molecule has 1 fully saturated rings. The molecule has 1 aliphatic heterocycles. The van der Waals surface area contributed by atoms with Gasteiger partial charge in [-0.15, -0.1) is 5.10 Å². The lowest BCUT2D eigenvalue weighted by Gasteiger charge is -2.33. The van der Waals surface area contributed by atoms with E-state index in [1.807, 2.05) is 0 Å². The van der Waals surface area contributed by atoms with Crippen molar-refractivity contribution in [1.82, 2.24) is 19.3 Å². The number of sulfonamides is 1. The van der Waals surface area contributed by atoms with Gasteiger partial charge in [0.05, 0.1) is 19.2 Å². The SMILES string of the molecule is COC(=O)C1CCN(S(=O)(=O)c2cnn(C)n2)C1(C)C. The van der Waals surface area contributed by atoms with E-state index in [-0.39, 0.29) is 11.6 Å². The van der Waals surface area contributed by atoms with Gasteiger partial charge in [-0.1, -0.05) is 0 Å². The van der Waals surface area contributed by atoms with Crippen LogP contribution in [0.2, 0.25) is 0 Å². The number of esters is 1. The van der Waals surface area contributed by atoms with Gasteiger partial charge in [0, 0.05) is 19.1 Å². The average molecular weight is 302 g/mol. The lowest BCUT2D eigenvalue weighted by atomic mass is 9.89. The molecule has 0 spiro atoms. The van der Waals surface area contributed by atoms with Crippen LogP contribution in [0.25, 0.3) is 0 Å². The first kappa shape index (κ1) is 14.9. The van der Waals surface area contributed by atoms with Crippen molar-refractivity contribution in [3.8, 4) is 0 Å². The second-order valence-electron chi connectivity index (χ2n) is 5.27. The number of aryl methyl sites for hydroxylation is 1. The van der Waals surface area contributed by atoms with Crippen LogP contribution in [0, 0.1) is 5.92 Å². The minimum Gasteiger partial charge on any atom is -0.469 e. The van der Waals surface area contributed by atoms with E-state index in [1.54, 1.807) is 20.9 Å². The van der Waals surface area contributed by atoms with Crippen LogP contribution < -0.4 is 0 Å². The number of aromatic nitrogens is 3. The highest BCUT2D eigenvalue weighted by Gasteiger charge is 2.51. The van der Waals surface area contributed by atoms with Crippen LogP contribution in [0.15, 0.2) is 11.2 Å². The van der Waals surface area contributed by atoms with Crippen LogP contribution >= 0.6 is 0 Å². The minimum atomic E-state index is -3.77. The Balaban J connectivity index is 2.37. The highest BCUT2D eigenvalue weighted by molar-refractivity contribution is 7.89. The standard InChI is InChI=1S/C11H18N4O4S/c1-11(2)8(10(16)19-4)5-6-15(11)20(17,18)9-7-12-14(3)13-9/h7-8H,5-6H2,1-4H3. The van der Waals surface area contributed by atoms with E-state index < -0.39 is 27.4 Å². The Hall–Kier alpha value is -1.48. The normalized spacial score (nSPS) is 22.9. The van der Waals surface area contributed by atoms with Gasteiger partial charge in [0.2, 0.25) is 5.03 Å². The van der Waals surface area contributed by atoms with E-state index in [0.29, 0.717) is 6.42 Å². The summed E-state index contributed by atoms with van der Waals surface area (Å²) in [5.41, 5.74) is -0.858. The molecule has 0 aliphatic carbocycles. The number of rotatable bonds is 3.